The number of hydrogen-bond acceptors (Lipinski definition) is 7. The highest BCUT2D eigenvalue weighted by atomic mass is 32.2. The van der Waals surface area contributed by atoms with Crippen LogP contribution in [-0.4, -0.2) is 80.9 Å². The fourth-order valence-electron chi connectivity index (χ4n) is 2.65. The van der Waals surface area contributed by atoms with Gasteiger partial charge in [-0.2, -0.15) is 4.31 Å². The number of aliphatic carboxylic acids is 1. The molecule has 2 aliphatic rings. The summed E-state index contributed by atoms with van der Waals surface area (Å²) in [6.45, 7) is 2.62. The minimum Gasteiger partial charge on any atom is -0.479 e. The van der Waals surface area contributed by atoms with Crippen LogP contribution in [0.3, 0.4) is 0 Å². The molecule has 3 heterocycles. The number of ether oxygens (including phenoxy) is 2. The largest absolute Gasteiger partial charge is 0.479 e. The molecule has 10 heteroatoms. The van der Waals surface area contributed by atoms with Gasteiger partial charge in [0.05, 0.1) is 26.4 Å². The van der Waals surface area contributed by atoms with Gasteiger partial charge in [-0.25, -0.2) is 18.2 Å². The SMILES string of the molecule is O=C(O)[C@@H]1CN(S(=O)(=O)c2ccc(N3CCOCC3)nc2)CCO1. The van der Waals surface area contributed by atoms with Gasteiger partial charge in [-0.1, -0.05) is 0 Å². The van der Waals surface area contributed by atoms with Gasteiger partial charge in [0.15, 0.2) is 6.10 Å². The summed E-state index contributed by atoms with van der Waals surface area (Å²) in [6.07, 6.45) is 0.167. The highest BCUT2D eigenvalue weighted by Crippen LogP contribution is 2.21. The van der Waals surface area contributed by atoms with E-state index in [0.29, 0.717) is 32.1 Å². The summed E-state index contributed by atoms with van der Waals surface area (Å²) in [6, 6.07) is 3.16. The number of sulfonamides is 1. The van der Waals surface area contributed by atoms with E-state index < -0.39 is 22.1 Å². The summed E-state index contributed by atoms with van der Waals surface area (Å²) in [7, 11) is -3.79. The van der Waals surface area contributed by atoms with Crippen molar-refractivity contribution in [2.75, 3.05) is 50.9 Å². The van der Waals surface area contributed by atoms with Crippen molar-refractivity contribution < 1.29 is 27.8 Å². The first-order chi connectivity index (χ1) is 11.5. The van der Waals surface area contributed by atoms with Gasteiger partial charge in [0.1, 0.15) is 10.7 Å². The van der Waals surface area contributed by atoms with Gasteiger partial charge in [-0.05, 0) is 12.1 Å². The summed E-state index contributed by atoms with van der Waals surface area (Å²) in [5.41, 5.74) is 0. The van der Waals surface area contributed by atoms with E-state index in [1.165, 1.54) is 12.3 Å². The van der Waals surface area contributed by atoms with Crippen molar-refractivity contribution in [3.63, 3.8) is 0 Å². The van der Waals surface area contributed by atoms with Gasteiger partial charge < -0.3 is 19.5 Å². The quantitative estimate of drug-likeness (QED) is 0.760. The summed E-state index contributed by atoms with van der Waals surface area (Å²) in [5.74, 6) is -0.474. The zero-order valence-corrected chi connectivity index (χ0v) is 13.8. The lowest BCUT2D eigenvalue weighted by atomic mass is 10.3. The lowest BCUT2D eigenvalue weighted by Crippen LogP contribution is -2.48. The second kappa shape index (κ2) is 7.01. The Labute approximate surface area is 139 Å². The maximum absolute atomic E-state index is 12.6. The van der Waals surface area contributed by atoms with E-state index >= 15 is 0 Å². The molecule has 1 aromatic rings. The normalized spacial score (nSPS) is 23.2. The fourth-order valence-corrected chi connectivity index (χ4v) is 4.02. The molecule has 9 nitrogen and oxygen atoms in total. The van der Waals surface area contributed by atoms with Crippen LogP contribution in [0.4, 0.5) is 5.82 Å². The molecular formula is C14H19N3O6S. The standard InChI is InChI=1S/C14H19N3O6S/c18-14(19)12-10-17(5-8-23-12)24(20,21)11-1-2-13(15-9-11)16-3-6-22-7-4-16/h1-2,9,12H,3-8,10H2,(H,18,19)/t12-/m0/s1. The second-order valence-corrected chi connectivity index (χ2v) is 7.45. The number of carboxylic acids is 1. The molecule has 2 saturated heterocycles. The molecule has 3 rings (SSSR count). The average Bonchev–Trinajstić information content (AvgIpc) is 2.62. The number of hydrogen-bond donors (Lipinski definition) is 1. The third kappa shape index (κ3) is 3.51. The number of rotatable bonds is 4. The van der Waals surface area contributed by atoms with Crippen molar-refractivity contribution in [2.45, 2.75) is 11.0 Å². The van der Waals surface area contributed by atoms with Crippen LogP contribution in [0.15, 0.2) is 23.2 Å². The van der Waals surface area contributed by atoms with E-state index in [4.69, 9.17) is 14.6 Å². The van der Waals surface area contributed by atoms with Crippen LogP contribution in [0.2, 0.25) is 0 Å². The Kier molecular flexibility index (Phi) is 4.99. The predicted molar refractivity (Wildman–Crippen MR) is 83.4 cm³/mol. The van der Waals surface area contributed by atoms with Crippen LogP contribution in [-0.2, 0) is 24.3 Å². The zero-order chi connectivity index (χ0) is 17.2. The van der Waals surface area contributed by atoms with E-state index in [1.807, 2.05) is 4.90 Å². The van der Waals surface area contributed by atoms with Crippen LogP contribution >= 0.6 is 0 Å². The van der Waals surface area contributed by atoms with Crippen LogP contribution in [0.1, 0.15) is 0 Å². The molecule has 0 radical (unpaired) electrons. The molecule has 1 atom stereocenters. The lowest BCUT2D eigenvalue weighted by Gasteiger charge is -2.30. The van der Waals surface area contributed by atoms with Crippen molar-refractivity contribution in [2.24, 2.45) is 0 Å². The van der Waals surface area contributed by atoms with Gasteiger partial charge in [0.2, 0.25) is 10.0 Å². The van der Waals surface area contributed by atoms with E-state index in [9.17, 15) is 13.2 Å². The Morgan fingerprint density at radius 3 is 2.58 bits per heavy atom. The topological polar surface area (TPSA) is 109 Å². The Balaban J connectivity index is 1.75. The minimum absolute atomic E-state index is 0.0468. The van der Waals surface area contributed by atoms with Crippen molar-refractivity contribution in [3.8, 4) is 0 Å². The summed E-state index contributed by atoms with van der Waals surface area (Å²) in [5, 5.41) is 9.00. The lowest BCUT2D eigenvalue weighted by molar-refractivity contribution is -0.153. The molecule has 0 aliphatic carbocycles. The van der Waals surface area contributed by atoms with E-state index in [0.717, 1.165) is 4.31 Å². The van der Waals surface area contributed by atoms with Gasteiger partial charge in [-0.15, -0.1) is 0 Å². The van der Waals surface area contributed by atoms with E-state index in [2.05, 4.69) is 4.98 Å². The van der Waals surface area contributed by atoms with E-state index in [-0.39, 0.29) is 24.6 Å². The molecular weight excluding hydrogens is 338 g/mol. The van der Waals surface area contributed by atoms with Crippen molar-refractivity contribution in [1.82, 2.24) is 9.29 Å². The smallest absolute Gasteiger partial charge is 0.334 e. The van der Waals surface area contributed by atoms with Gasteiger partial charge in [-0.3, -0.25) is 0 Å². The number of carboxylic acid groups (broad SMARTS) is 1. The highest BCUT2D eigenvalue weighted by molar-refractivity contribution is 7.89. The Morgan fingerprint density at radius 2 is 1.96 bits per heavy atom. The number of anilines is 1. The first-order valence-electron chi connectivity index (χ1n) is 7.62. The Morgan fingerprint density at radius 1 is 1.21 bits per heavy atom. The molecule has 24 heavy (non-hydrogen) atoms. The van der Waals surface area contributed by atoms with Gasteiger partial charge in [0.25, 0.3) is 0 Å². The van der Waals surface area contributed by atoms with Gasteiger partial charge >= 0.3 is 5.97 Å². The molecule has 132 valence electrons. The first-order valence-corrected chi connectivity index (χ1v) is 9.06. The number of morpholine rings is 2. The maximum atomic E-state index is 12.6. The molecule has 2 fully saturated rings. The van der Waals surface area contributed by atoms with Crippen molar-refractivity contribution in [3.05, 3.63) is 18.3 Å². The summed E-state index contributed by atoms with van der Waals surface area (Å²) < 4.78 is 36.8. The zero-order valence-electron chi connectivity index (χ0n) is 13.0. The minimum atomic E-state index is -3.79. The highest BCUT2D eigenvalue weighted by Gasteiger charge is 2.34. The first kappa shape index (κ1) is 17.1. The second-order valence-electron chi connectivity index (χ2n) is 5.51. The third-order valence-electron chi connectivity index (χ3n) is 4.00. The number of nitrogens with zero attached hydrogens (tertiary/aromatic N) is 3. The average molecular weight is 357 g/mol. The molecule has 2 aliphatic heterocycles. The number of carbonyl (C=O) groups is 1. The van der Waals surface area contributed by atoms with Gasteiger partial charge in [0, 0.05) is 25.8 Å². The molecule has 0 unspecified atom stereocenters. The Bertz CT molecular complexity index is 687. The monoisotopic (exact) mass is 357 g/mol. The molecule has 0 saturated carbocycles. The fraction of sp³-hybridized carbons (Fsp3) is 0.571. The molecule has 0 spiro atoms. The Hall–Kier alpha value is -1.75. The van der Waals surface area contributed by atoms with Crippen LogP contribution < -0.4 is 4.90 Å². The number of pyridine rings is 1. The summed E-state index contributed by atoms with van der Waals surface area (Å²) >= 11 is 0. The van der Waals surface area contributed by atoms with Crippen LogP contribution in [0, 0.1) is 0 Å². The van der Waals surface area contributed by atoms with Crippen molar-refractivity contribution in [1.29, 1.82) is 0 Å². The van der Waals surface area contributed by atoms with Crippen molar-refractivity contribution >= 4 is 21.8 Å². The van der Waals surface area contributed by atoms with Crippen LogP contribution in [0.5, 0.6) is 0 Å². The molecule has 1 N–H and O–H groups in total. The summed E-state index contributed by atoms with van der Waals surface area (Å²) in [4.78, 5) is 17.3. The third-order valence-corrected chi connectivity index (χ3v) is 5.85. The number of aromatic nitrogens is 1. The van der Waals surface area contributed by atoms with E-state index in [1.54, 1.807) is 6.07 Å². The maximum Gasteiger partial charge on any atom is 0.334 e. The molecule has 0 bridgehead atoms. The predicted octanol–water partition coefficient (Wildman–Crippen LogP) is -0.608. The molecule has 1 aromatic heterocycles. The molecule has 0 amide bonds. The van der Waals surface area contributed by atoms with Crippen LogP contribution in [0.25, 0.3) is 0 Å². The molecule has 0 aromatic carbocycles.